The molecular weight excluding hydrogens is 418 g/mol. The molecule has 8 nitrogen and oxygen atoms in total. The van der Waals surface area contributed by atoms with Crippen LogP contribution in [0.15, 0.2) is 42.6 Å². The lowest BCUT2D eigenvalue weighted by Gasteiger charge is -2.19. The van der Waals surface area contributed by atoms with E-state index < -0.39 is 0 Å². The number of aryl methyl sites for hydroxylation is 3. The van der Waals surface area contributed by atoms with Gasteiger partial charge in [0, 0.05) is 49.6 Å². The molecule has 0 saturated heterocycles. The molecule has 174 valence electrons. The van der Waals surface area contributed by atoms with Crippen LogP contribution < -0.4 is 10.6 Å². The summed E-state index contributed by atoms with van der Waals surface area (Å²) in [4.78, 5) is 40.0. The van der Waals surface area contributed by atoms with E-state index in [9.17, 15) is 14.4 Å². The monoisotopic (exact) mass is 449 g/mol. The van der Waals surface area contributed by atoms with Crippen molar-refractivity contribution in [1.82, 2.24) is 14.4 Å². The van der Waals surface area contributed by atoms with Crippen LogP contribution in [0.25, 0.3) is 10.9 Å². The molecule has 0 aliphatic rings. The highest BCUT2D eigenvalue weighted by molar-refractivity contribution is 5.98. The number of urea groups is 1. The van der Waals surface area contributed by atoms with Gasteiger partial charge in [0.25, 0.3) is 0 Å². The largest absolute Gasteiger partial charge is 0.347 e. The van der Waals surface area contributed by atoms with Crippen molar-refractivity contribution in [2.45, 2.75) is 27.3 Å². The van der Waals surface area contributed by atoms with E-state index in [1.807, 2.05) is 61.9 Å². The zero-order chi connectivity index (χ0) is 24.3. The number of anilines is 2. The second-order valence-electron chi connectivity index (χ2n) is 8.61. The molecule has 0 aliphatic heterocycles. The quantitative estimate of drug-likeness (QED) is 0.601. The maximum Gasteiger partial charge on any atom is 0.322 e. The number of carbonyl (C=O) groups is 3. The number of amides is 4. The lowest BCUT2D eigenvalue weighted by molar-refractivity contribution is -0.129. The third-order valence-corrected chi connectivity index (χ3v) is 5.50. The topological polar surface area (TPSA) is 86.7 Å². The fourth-order valence-electron chi connectivity index (χ4n) is 3.77. The van der Waals surface area contributed by atoms with Crippen LogP contribution in [0.4, 0.5) is 16.2 Å². The predicted octanol–water partition coefficient (Wildman–Crippen LogP) is 3.76. The Balaban J connectivity index is 1.62. The van der Waals surface area contributed by atoms with E-state index in [0.29, 0.717) is 5.69 Å². The van der Waals surface area contributed by atoms with Gasteiger partial charge in [0.15, 0.2) is 0 Å². The molecule has 3 aromatic rings. The first-order valence-electron chi connectivity index (χ1n) is 10.7. The van der Waals surface area contributed by atoms with Crippen molar-refractivity contribution in [1.29, 1.82) is 0 Å². The van der Waals surface area contributed by atoms with Crippen LogP contribution in [-0.2, 0) is 16.1 Å². The minimum absolute atomic E-state index is 0.000746. The molecule has 4 amide bonds. The Kier molecular flexibility index (Phi) is 7.06. The minimum atomic E-state index is -0.385. The van der Waals surface area contributed by atoms with Gasteiger partial charge in [0.1, 0.15) is 13.1 Å². The first kappa shape index (κ1) is 23.8. The molecule has 2 N–H and O–H groups in total. The van der Waals surface area contributed by atoms with Gasteiger partial charge in [-0.3, -0.25) is 9.59 Å². The van der Waals surface area contributed by atoms with Crippen molar-refractivity contribution in [2.24, 2.45) is 0 Å². The molecule has 0 radical (unpaired) electrons. The van der Waals surface area contributed by atoms with E-state index >= 15 is 0 Å². The number of likely N-dealkylation sites (N-methyl/N-ethyl adjacent to an activating group) is 2. The zero-order valence-electron chi connectivity index (χ0n) is 20.0. The van der Waals surface area contributed by atoms with Gasteiger partial charge < -0.3 is 25.0 Å². The minimum Gasteiger partial charge on any atom is -0.347 e. The summed E-state index contributed by atoms with van der Waals surface area (Å²) in [5, 5.41) is 6.64. The molecule has 0 fully saturated rings. The van der Waals surface area contributed by atoms with Crippen LogP contribution in [0, 0.1) is 20.8 Å². The highest BCUT2D eigenvalue weighted by Crippen LogP contribution is 2.23. The normalized spacial score (nSPS) is 10.7. The molecule has 0 atom stereocenters. The number of aromatic nitrogens is 1. The van der Waals surface area contributed by atoms with Crippen LogP contribution in [0.2, 0.25) is 0 Å². The molecule has 8 heteroatoms. The van der Waals surface area contributed by atoms with Gasteiger partial charge in [-0.25, -0.2) is 4.79 Å². The number of nitrogens with one attached hydrogen (secondary N) is 2. The predicted molar refractivity (Wildman–Crippen MR) is 132 cm³/mol. The second-order valence-corrected chi connectivity index (χ2v) is 8.61. The summed E-state index contributed by atoms with van der Waals surface area (Å²) in [6, 6.07) is 11.0. The summed E-state index contributed by atoms with van der Waals surface area (Å²) < 4.78 is 1.87. The van der Waals surface area contributed by atoms with Gasteiger partial charge in [-0.2, -0.15) is 0 Å². The standard InChI is InChI=1S/C25H31N5O3/c1-16-11-17(2)24(18(3)12-16)27-22(31)14-29(6)25(33)26-20-7-8-21-19(13-20)9-10-30(21)15-23(32)28(4)5/h7-13H,14-15H2,1-6H3,(H,26,33)(H,27,31). The first-order chi connectivity index (χ1) is 15.5. The van der Waals surface area contributed by atoms with Gasteiger partial charge >= 0.3 is 6.03 Å². The molecule has 33 heavy (non-hydrogen) atoms. The van der Waals surface area contributed by atoms with Crippen LogP contribution in [0.5, 0.6) is 0 Å². The van der Waals surface area contributed by atoms with Crippen LogP contribution in [-0.4, -0.2) is 59.9 Å². The highest BCUT2D eigenvalue weighted by atomic mass is 16.2. The molecule has 1 heterocycles. The smallest absolute Gasteiger partial charge is 0.322 e. The SMILES string of the molecule is Cc1cc(C)c(NC(=O)CN(C)C(=O)Nc2ccc3c(ccn3CC(=O)N(C)C)c2)c(C)c1. The summed E-state index contributed by atoms with van der Waals surface area (Å²) >= 11 is 0. The molecule has 2 aromatic carbocycles. The maximum absolute atomic E-state index is 12.6. The van der Waals surface area contributed by atoms with E-state index in [4.69, 9.17) is 0 Å². The zero-order valence-corrected chi connectivity index (χ0v) is 20.0. The van der Waals surface area contributed by atoms with Crippen molar-refractivity contribution in [2.75, 3.05) is 38.3 Å². The number of benzene rings is 2. The van der Waals surface area contributed by atoms with E-state index in [0.717, 1.165) is 33.3 Å². The third kappa shape index (κ3) is 5.71. The molecule has 0 aliphatic carbocycles. The Bertz CT molecular complexity index is 1190. The first-order valence-corrected chi connectivity index (χ1v) is 10.7. The average molecular weight is 450 g/mol. The van der Waals surface area contributed by atoms with E-state index in [2.05, 4.69) is 10.6 Å². The number of nitrogens with zero attached hydrogens (tertiary/aromatic N) is 3. The maximum atomic E-state index is 12.6. The van der Waals surface area contributed by atoms with Gasteiger partial charge in [-0.1, -0.05) is 17.7 Å². The molecular formula is C25H31N5O3. The third-order valence-electron chi connectivity index (χ3n) is 5.50. The van der Waals surface area contributed by atoms with E-state index in [-0.39, 0.29) is 30.9 Å². The number of hydrogen-bond donors (Lipinski definition) is 2. The van der Waals surface area contributed by atoms with Crippen molar-refractivity contribution < 1.29 is 14.4 Å². The van der Waals surface area contributed by atoms with Crippen LogP contribution >= 0.6 is 0 Å². The number of hydrogen-bond acceptors (Lipinski definition) is 3. The highest BCUT2D eigenvalue weighted by Gasteiger charge is 2.16. The molecule has 0 spiro atoms. The van der Waals surface area contributed by atoms with Gasteiger partial charge in [0.05, 0.1) is 0 Å². The summed E-state index contributed by atoms with van der Waals surface area (Å²) in [6.07, 6.45) is 1.85. The number of fused-ring (bicyclic) bond motifs is 1. The summed E-state index contributed by atoms with van der Waals surface area (Å²) in [5.41, 5.74) is 5.40. The molecule has 0 bridgehead atoms. The molecule has 3 rings (SSSR count). The van der Waals surface area contributed by atoms with Crippen molar-refractivity contribution in [3.05, 3.63) is 59.3 Å². The summed E-state index contributed by atoms with van der Waals surface area (Å²) in [5.74, 6) is -0.262. The van der Waals surface area contributed by atoms with Gasteiger partial charge in [0.2, 0.25) is 11.8 Å². The molecule has 0 saturated carbocycles. The van der Waals surface area contributed by atoms with Gasteiger partial charge in [-0.05, 0) is 56.2 Å². The average Bonchev–Trinajstić information content (AvgIpc) is 3.12. The second kappa shape index (κ2) is 9.77. The van der Waals surface area contributed by atoms with E-state index in [1.165, 1.54) is 4.90 Å². The van der Waals surface area contributed by atoms with Crippen LogP contribution in [0.1, 0.15) is 16.7 Å². The molecule has 0 unspecified atom stereocenters. The van der Waals surface area contributed by atoms with E-state index in [1.54, 1.807) is 32.1 Å². The Labute approximate surface area is 194 Å². The number of rotatable bonds is 6. The van der Waals surface area contributed by atoms with Crippen molar-refractivity contribution >= 4 is 40.1 Å². The van der Waals surface area contributed by atoms with Crippen LogP contribution in [0.3, 0.4) is 0 Å². The summed E-state index contributed by atoms with van der Waals surface area (Å²) in [6.45, 7) is 6.08. The fraction of sp³-hybridized carbons (Fsp3) is 0.320. The van der Waals surface area contributed by atoms with Crippen molar-refractivity contribution in [3.8, 4) is 0 Å². The Morgan fingerprint density at radius 1 is 0.909 bits per heavy atom. The Morgan fingerprint density at radius 3 is 2.21 bits per heavy atom. The lowest BCUT2D eigenvalue weighted by Crippen LogP contribution is -2.37. The van der Waals surface area contributed by atoms with Crippen molar-refractivity contribution in [3.63, 3.8) is 0 Å². The Morgan fingerprint density at radius 2 is 1.58 bits per heavy atom. The molecule has 1 aromatic heterocycles. The fourth-order valence-corrected chi connectivity index (χ4v) is 3.77. The Hall–Kier alpha value is -3.81. The van der Waals surface area contributed by atoms with Gasteiger partial charge in [-0.15, -0.1) is 0 Å². The number of carbonyl (C=O) groups excluding carboxylic acids is 3. The summed E-state index contributed by atoms with van der Waals surface area (Å²) in [7, 11) is 5.02. The lowest BCUT2D eigenvalue weighted by atomic mass is 10.1.